The Morgan fingerprint density at radius 2 is 2.47 bits per heavy atom. The quantitative estimate of drug-likeness (QED) is 0.838. The zero-order valence-electron chi connectivity index (χ0n) is 9.96. The van der Waals surface area contributed by atoms with Gasteiger partial charge in [-0.25, -0.2) is 4.98 Å². The van der Waals surface area contributed by atoms with E-state index in [0.717, 1.165) is 17.2 Å². The monoisotopic (exact) mass is 271 g/mol. The van der Waals surface area contributed by atoms with Gasteiger partial charge < -0.3 is 10.4 Å². The van der Waals surface area contributed by atoms with Crippen LogP contribution in [0.3, 0.4) is 0 Å². The van der Waals surface area contributed by atoms with E-state index < -0.39 is 0 Å². The molecule has 6 heteroatoms. The van der Waals surface area contributed by atoms with Crippen LogP contribution in [0.25, 0.3) is 4.96 Å². The van der Waals surface area contributed by atoms with Crippen LogP contribution in [0.1, 0.15) is 12.6 Å². The van der Waals surface area contributed by atoms with Gasteiger partial charge in [-0.15, -0.1) is 11.3 Å². The van der Waals surface area contributed by atoms with Crippen molar-refractivity contribution in [3.63, 3.8) is 0 Å². The lowest BCUT2D eigenvalue weighted by atomic mass is 10.2. The molecule has 0 radical (unpaired) electrons. The highest BCUT2D eigenvalue weighted by atomic mass is 32.2. The third-order valence-corrected chi connectivity index (χ3v) is 4.72. The van der Waals surface area contributed by atoms with Crippen LogP contribution in [0.15, 0.2) is 17.8 Å². The maximum Gasteiger partial charge on any atom is 0.193 e. The Kier molecular flexibility index (Phi) is 4.44. The molecule has 2 aromatic rings. The molecule has 0 amide bonds. The molecule has 2 aromatic heterocycles. The van der Waals surface area contributed by atoms with E-state index in [1.807, 2.05) is 28.4 Å². The number of hydrogen-bond donors (Lipinski definition) is 2. The summed E-state index contributed by atoms with van der Waals surface area (Å²) in [5.41, 5.74) is 1.04. The van der Waals surface area contributed by atoms with Gasteiger partial charge in [0.1, 0.15) is 0 Å². The average Bonchev–Trinajstić information content (AvgIpc) is 2.88. The minimum Gasteiger partial charge on any atom is -0.395 e. The Morgan fingerprint density at radius 1 is 1.65 bits per heavy atom. The molecule has 0 aromatic carbocycles. The highest BCUT2D eigenvalue weighted by molar-refractivity contribution is 7.99. The van der Waals surface area contributed by atoms with E-state index in [-0.39, 0.29) is 17.9 Å². The van der Waals surface area contributed by atoms with Gasteiger partial charge in [0, 0.05) is 35.6 Å². The highest BCUT2D eigenvalue weighted by Gasteiger charge is 2.14. The smallest absolute Gasteiger partial charge is 0.193 e. The molecule has 2 atom stereocenters. The summed E-state index contributed by atoms with van der Waals surface area (Å²) in [6.07, 6.45) is 6.07. The Bertz CT molecular complexity index is 435. The lowest BCUT2D eigenvalue weighted by Gasteiger charge is -2.20. The molecule has 0 aliphatic carbocycles. The van der Waals surface area contributed by atoms with E-state index in [4.69, 9.17) is 0 Å². The molecule has 2 N–H and O–H groups in total. The highest BCUT2D eigenvalue weighted by Crippen LogP contribution is 2.13. The number of imidazole rings is 1. The van der Waals surface area contributed by atoms with Crippen LogP contribution in [0.4, 0.5) is 0 Å². The van der Waals surface area contributed by atoms with Crippen LogP contribution >= 0.6 is 23.1 Å². The maximum atomic E-state index is 9.20. The Morgan fingerprint density at radius 3 is 3.12 bits per heavy atom. The zero-order chi connectivity index (χ0) is 12.3. The molecule has 0 spiro atoms. The summed E-state index contributed by atoms with van der Waals surface area (Å²) in [6, 6.07) is 0.273. The molecule has 2 heterocycles. The fourth-order valence-electron chi connectivity index (χ4n) is 1.70. The second-order valence-corrected chi connectivity index (χ2v) is 5.90. The van der Waals surface area contributed by atoms with Gasteiger partial charge in [0.2, 0.25) is 0 Å². The topological polar surface area (TPSA) is 49.6 Å². The molecule has 0 aliphatic heterocycles. The third kappa shape index (κ3) is 3.01. The summed E-state index contributed by atoms with van der Waals surface area (Å²) in [5.74, 6) is 0. The summed E-state index contributed by atoms with van der Waals surface area (Å²) in [5, 5.41) is 14.9. The molecule has 0 saturated carbocycles. The van der Waals surface area contributed by atoms with Crippen molar-refractivity contribution in [2.45, 2.75) is 24.8 Å². The average molecular weight is 271 g/mol. The second kappa shape index (κ2) is 5.86. The summed E-state index contributed by atoms with van der Waals surface area (Å²) < 4.78 is 2.03. The summed E-state index contributed by atoms with van der Waals surface area (Å²) in [6.45, 7) is 3.04. The molecule has 2 unspecified atom stereocenters. The number of hydrogen-bond acceptors (Lipinski definition) is 5. The van der Waals surface area contributed by atoms with Crippen LogP contribution in [-0.2, 0) is 6.54 Å². The van der Waals surface area contributed by atoms with Crippen LogP contribution in [0, 0.1) is 0 Å². The predicted molar refractivity (Wildman–Crippen MR) is 73.8 cm³/mol. The fourth-order valence-corrected chi connectivity index (χ4v) is 3.07. The largest absolute Gasteiger partial charge is 0.395 e. The Hall–Kier alpha value is -0.560. The van der Waals surface area contributed by atoms with Crippen molar-refractivity contribution in [3.8, 4) is 0 Å². The number of thioether (sulfide) groups is 1. The number of aromatic nitrogens is 2. The van der Waals surface area contributed by atoms with E-state index in [0.29, 0.717) is 0 Å². The van der Waals surface area contributed by atoms with Gasteiger partial charge in [-0.3, -0.25) is 4.40 Å². The van der Waals surface area contributed by atoms with Crippen LogP contribution in [0.5, 0.6) is 0 Å². The number of aliphatic hydroxyl groups is 1. The Balaban J connectivity index is 1.91. The van der Waals surface area contributed by atoms with Crippen LogP contribution in [-0.4, -0.2) is 38.6 Å². The minimum atomic E-state index is 0.202. The second-order valence-electron chi connectivity index (χ2n) is 3.95. The standard InChI is InChI=1S/C11H17N3OS2/c1-8(10(7-15)16-2)12-5-9-6-14-3-4-17-11(14)13-9/h3-4,6,8,10,12,15H,5,7H2,1-2H3. The van der Waals surface area contributed by atoms with E-state index >= 15 is 0 Å². The van der Waals surface area contributed by atoms with Crippen molar-refractivity contribution in [1.82, 2.24) is 14.7 Å². The van der Waals surface area contributed by atoms with Crippen LogP contribution < -0.4 is 5.32 Å². The molecular formula is C11H17N3OS2. The minimum absolute atomic E-state index is 0.202. The molecule has 0 bridgehead atoms. The van der Waals surface area contributed by atoms with Crippen LogP contribution in [0.2, 0.25) is 0 Å². The fraction of sp³-hybridized carbons (Fsp3) is 0.545. The zero-order valence-corrected chi connectivity index (χ0v) is 11.6. The van der Waals surface area contributed by atoms with Gasteiger partial charge >= 0.3 is 0 Å². The first-order valence-electron chi connectivity index (χ1n) is 5.52. The van der Waals surface area contributed by atoms with Crippen molar-refractivity contribution >= 4 is 28.1 Å². The van der Waals surface area contributed by atoms with E-state index in [1.54, 1.807) is 23.1 Å². The summed E-state index contributed by atoms with van der Waals surface area (Å²) in [4.78, 5) is 5.53. The van der Waals surface area contributed by atoms with Gasteiger partial charge in [-0.2, -0.15) is 11.8 Å². The van der Waals surface area contributed by atoms with Gasteiger partial charge in [-0.1, -0.05) is 0 Å². The number of rotatable bonds is 6. The molecule has 0 fully saturated rings. The van der Waals surface area contributed by atoms with Crippen molar-refractivity contribution in [2.24, 2.45) is 0 Å². The summed E-state index contributed by atoms with van der Waals surface area (Å²) >= 11 is 3.32. The van der Waals surface area contributed by atoms with E-state index in [2.05, 4.69) is 17.2 Å². The van der Waals surface area contributed by atoms with Crippen molar-refractivity contribution < 1.29 is 5.11 Å². The molecule has 4 nitrogen and oxygen atoms in total. The molecule has 0 aliphatic rings. The molecule has 17 heavy (non-hydrogen) atoms. The molecule has 2 rings (SSSR count). The Labute approximate surface area is 109 Å². The first-order valence-corrected chi connectivity index (χ1v) is 7.69. The number of aliphatic hydroxyl groups excluding tert-OH is 1. The molecule has 94 valence electrons. The van der Waals surface area contributed by atoms with E-state index in [1.165, 1.54) is 0 Å². The van der Waals surface area contributed by atoms with Crippen molar-refractivity contribution in [3.05, 3.63) is 23.5 Å². The van der Waals surface area contributed by atoms with E-state index in [9.17, 15) is 5.11 Å². The van der Waals surface area contributed by atoms with Crippen molar-refractivity contribution in [2.75, 3.05) is 12.9 Å². The molecule has 0 saturated heterocycles. The predicted octanol–water partition coefficient (Wildman–Crippen LogP) is 1.60. The molecular weight excluding hydrogens is 254 g/mol. The number of fused-ring (bicyclic) bond motifs is 1. The lowest BCUT2D eigenvalue weighted by Crippen LogP contribution is -2.37. The van der Waals surface area contributed by atoms with Gasteiger partial charge in [0.15, 0.2) is 4.96 Å². The normalized spacial score (nSPS) is 15.2. The van der Waals surface area contributed by atoms with Crippen molar-refractivity contribution in [1.29, 1.82) is 0 Å². The first kappa shape index (κ1) is 12.9. The lowest BCUT2D eigenvalue weighted by molar-refractivity contribution is 0.275. The maximum absolute atomic E-state index is 9.20. The van der Waals surface area contributed by atoms with Gasteiger partial charge in [0.25, 0.3) is 0 Å². The summed E-state index contributed by atoms with van der Waals surface area (Å²) in [7, 11) is 0. The SMILES string of the molecule is CSC(CO)C(C)NCc1cn2ccsc2n1. The third-order valence-electron chi connectivity index (χ3n) is 2.79. The first-order chi connectivity index (χ1) is 8.24. The number of nitrogens with zero attached hydrogens (tertiary/aromatic N) is 2. The van der Waals surface area contributed by atoms with Gasteiger partial charge in [0.05, 0.1) is 12.3 Å². The number of nitrogens with one attached hydrogen (secondary N) is 1. The number of thiazole rings is 1. The van der Waals surface area contributed by atoms with Gasteiger partial charge in [-0.05, 0) is 13.2 Å².